The van der Waals surface area contributed by atoms with E-state index in [1.54, 1.807) is 0 Å². The molecule has 0 spiro atoms. The molecular weight excluding hydrogens is 319 g/mol. The Morgan fingerprint density at radius 3 is 2.39 bits per heavy atom. The van der Waals surface area contributed by atoms with Crippen molar-refractivity contribution in [3.05, 3.63) is 22.2 Å². The van der Waals surface area contributed by atoms with E-state index in [9.17, 15) is 18.3 Å². The van der Waals surface area contributed by atoms with Gasteiger partial charge < -0.3 is 20.7 Å². The van der Waals surface area contributed by atoms with Gasteiger partial charge >= 0.3 is 6.18 Å². The van der Waals surface area contributed by atoms with Gasteiger partial charge in [-0.05, 0) is 12.1 Å². The van der Waals surface area contributed by atoms with E-state index < -0.39 is 24.1 Å². The average Bonchev–Trinajstić information content (AvgIpc) is 2.28. The number of methoxy groups -OCH3 is 1. The number of aliphatic hydroxyl groups excluding tert-OH is 1. The molecule has 1 rings (SSSR count). The molecule has 2 atom stereocenters. The molecule has 1 aromatic carbocycles. The summed E-state index contributed by atoms with van der Waals surface area (Å²) in [5, 5.41) is 18.8. The number of phenolic OH excluding ortho intramolecular Hbond substituents is 1. The van der Waals surface area contributed by atoms with Crippen molar-refractivity contribution in [2.75, 3.05) is 7.11 Å². The second kappa shape index (κ2) is 5.33. The molecule has 0 aliphatic carbocycles. The highest BCUT2D eigenvalue weighted by molar-refractivity contribution is 9.10. The lowest BCUT2D eigenvalue weighted by Crippen LogP contribution is -2.38. The van der Waals surface area contributed by atoms with Crippen molar-refractivity contribution in [3.63, 3.8) is 0 Å². The largest absolute Gasteiger partial charge is 0.504 e. The predicted molar refractivity (Wildman–Crippen MR) is 61.3 cm³/mol. The molecule has 4 nitrogen and oxygen atoms in total. The Kier molecular flexibility index (Phi) is 4.46. The maximum absolute atomic E-state index is 12.3. The minimum absolute atomic E-state index is 0.0378. The van der Waals surface area contributed by atoms with Crippen molar-refractivity contribution < 1.29 is 28.1 Å². The van der Waals surface area contributed by atoms with Crippen LogP contribution in [0.5, 0.6) is 11.5 Å². The van der Waals surface area contributed by atoms with E-state index in [-0.39, 0.29) is 11.3 Å². The van der Waals surface area contributed by atoms with Crippen molar-refractivity contribution in [3.8, 4) is 11.5 Å². The van der Waals surface area contributed by atoms with E-state index in [1.165, 1.54) is 19.2 Å². The number of halogens is 4. The molecule has 8 heteroatoms. The molecule has 0 aliphatic rings. The van der Waals surface area contributed by atoms with Crippen LogP contribution < -0.4 is 10.5 Å². The van der Waals surface area contributed by atoms with Crippen LogP contribution in [0.15, 0.2) is 16.6 Å². The molecule has 0 aromatic heterocycles. The fourth-order valence-corrected chi connectivity index (χ4v) is 1.83. The summed E-state index contributed by atoms with van der Waals surface area (Å²) in [6.07, 6.45) is -7.65. The molecule has 0 unspecified atom stereocenters. The lowest BCUT2D eigenvalue weighted by Gasteiger charge is -2.23. The predicted octanol–water partition coefficient (Wildman–Crippen LogP) is 2.09. The van der Waals surface area contributed by atoms with Crippen LogP contribution >= 0.6 is 15.9 Å². The zero-order valence-electron chi connectivity index (χ0n) is 9.20. The Labute approximate surface area is 109 Å². The van der Waals surface area contributed by atoms with Crippen LogP contribution in [0.4, 0.5) is 13.2 Å². The zero-order valence-corrected chi connectivity index (χ0v) is 10.8. The highest BCUT2D eigenvalue weighted by Crippen LogP contribution is 2.39. The standard InChI is InChI=1S/C10H11BrF3NO3/c1-18-6-3-4(11)2-5(8(6)16)7(15)9(17)10(12,13)14/h2-3,7,9,16-17H,15H2,1H3/t7-,9-/m1/s1. The lowest BCUT2D eigenvalue weighted by atomic mass is 10.0. The molecular formula is C10H11BrF3NO3. The van der Waals surface area contributed by atoms with Crippen LogP contribution in [0.25, 0.3) is 0 Å². The van der Waals surface area contributed by atoms with Gasteiger partial charge in [0.2, 0.25) is 0 Å². The molecule has 1 aromatic rings. The number of hydrogen-bond acceptors (Lipinski definition) is 4. The van der Waals surface area contributed by atoms with Gasteiger partial charge in [0.25, 0.3) is 0 Å². The highest BCUT2D eigenvalue weighted by Gasteiger charge is 2.43. The third-order valence-corrected chi connectivity index (χ3v) is 2.78. The number of aliphatic hydroxyl groups is 1. The number of hydrogen-bond donors (Lipinski definition) is 3. The molecule has 0 aliphatic heterocycles. The summed E-state index contributed by atoms with van der Waals surface area (Å²) < 4.78 is 42.2. The Bertz CT molecular complexity index is 439. The van der Waals surface area contributed by atoms with Gasteiger partial charge in [-0.25, -0.2) is 0 Å². The summed E-state index contributed by atoms with van der Waals surface area (Å²) in [6.45, 7) is 0. The third-order valence-electron chi connectivity index (χ3n) is 2.32. The Balaban J connectivity index is 3.21. The van der Waals surface area contributed by atoms with Crippen LogP contribution in [-0.4, -0.2) is 29.6 Å². The van der Waals surface area contributed by atoms with Crippen LogP contribution in [0.2, 0.25) is 0 Å². The summed E-state index contributed by atoms with van der Waals surface area (Å²) >= 11 is 3.05. The maximum atomic E-state index is 12.3. The number of nitrogens with two attached hydrogens (primary N) is 1. The molecule has 18 heavy (non-hydrogen) atoms. The van der Waals surface area contributed by atoms with Gasteiger partial charge in [0.15, 0.2) is 17.6 Å². The molecule has 0 bridgehead atoms. The Morgan fingerprint density at radius 2 is 1.94 bits per heavy atom. The number of ether oxygens (including phenoxy) is 1. The summed E-state index contributed by atoms with van der Waals surface area (Å²) in [7, 11) is 1.25. The molecule has 0 saturated heterocycles. The van der Waals surface area contributed by atoms with E-state index in [1.807, 2.05) is 0 Å². The van der Waals surface area contributed by atoms with Gasteiger partial charge in [-0.15, -0.1) is 0 Å². The molecule has 0 amide bonds. The topological polar surface area (TPSA) is 75.7 Å². The molecule has 0 fully saturated rings. The van der Waals surface area contributed by atoms with E-state index in [0.717, 1.165) is 0 Å². The van der Waals surface area contributed by atoms with Gasteiger partial charge in [-0.2, -0.15) is 13.2 Å². The van der Waals surface area contributed by atoms with E-state index in [2.05, 4.69) is 15.9 Å². The first-order chi connectivity index (χ1) is 8.18. The summed E-state index contributed by atoms with van der Waals surface area (Å²) in [6, 6.07) is 0.750. The fraction of sp³-hybridized carbons (Fsp3) is 0.400. The Morgan fingerprint density at radius 1 is 1.39 bits per heavy atom. The van der Waals surface area contributed by atoms with Gasteiger partial charge in [0.05, 0.1) is 13.2 Å². The fourth-order valence-electron chi connectivity index (χ4n) is 1.38. The summed E-state index contributed by atoms with van der Waals surface area (Å²) in [5.41, 5.74) is 5.05. The number of alkyl halides is 3. The van der Waals surface area contributed by atoms with Gasteiger partial charge in [0, 0.05) is 10.0 Å². The van der Waals surface area contributed by atoms with Crippen molar-refractivity contribution in [1.29, 1.82) is 0 Å². The minimum Gasteiger partial charge on any atom is -0.504 e. The SMILES string of the molecule is COc1cc(Br)cc([C@@H](N)[C@@H](O)C(F)(F)F)c1O. The number of benzene rings is 1. The van der Waals surface area contributed by atoms with Crippen LogP contribution in [-0.2, 0) is 0 Å². The summed E-state index contributed by atoms with van der Waals surface area (Å²) in [4.78, 5) is 0. The van der Waals surface area contributed by atoms with Crippen LogP contribution in [0.1, 0.15) is 11.6 Å². The first-order valence-corrected chi connectivity index (χ1v) is 5.54. The van der Waals surface area contributed by atoms with Gasteiger partial charge in [0.1, 0.15) is 0 Å². The normalized spacial score (nSPS) is 15.3. The second-order valence-corrected chi connectivity index (χ2v) is 4.47. The molecule has 4 N–H and O–H groups in total. The number of aromatic hydroxyl groups is 1. The lowest BCUT2D eigenvalue weighted by molar-refractivity contribution is -0.210. The van der Waals surface area contributed by atoms with Gasteiger partial charge in [-0.1, -0.05) is 15.9 Å². The molecule has 0 radical (unpaired) electrons. The molecule has 102 valence electrons. The van der Waals surface area contributed by atoms with Crippen molar-refractivity contribution in [2.24, 2.45) is 5.73 Å². The van der Waals surface area contributed by atoms with Gasteiger partial charge in [-0.3, -0.25) is 0 Å². The van der Waals surface area contributed by atoms with Crippen molar-refractivity contribution >= 4 is 15.9 Å². The van der Waals surface area contributed by atoms with Crippen LogP contribution in [0, 0.1) is 0 Å². The minimum atomic E-state index is -4.87. The smallest absolute Gasteiger partial charge is 0.416 e. The van der Waals surface area contributed by atoms with Crippen molar-refractivity contribution in [2.45, 2.75) is 18.3 Å². The van der Waals surface area contributed by atoms with E-state index in [4.69, 9.17) is 15.6 Å². The maximum Gasteiger partial charge on any atom is 0.416 e. The first-order valence-electron chi connectivity index (χ1n) is 4.75. The van der Waals surface area contributed by atoms with Crippen LogP contribution in [0.3, 0.4) is 0 Å². The molecule has 0 saturated carbocycles. The third kappa shape index (κ3) is 3.06. The monoisotopic (exact) mass is 329 g/mol. The first kappa shape index (κ1) is 15.1. The highest BCUT2D eigenvalue weighted by atomic mass is 79.9. The molecule has 0 heterocycles. The quantitative estimate of drug-likeness (QED) is 0.793. The van der Waals surface area contributed by atoms with E-state index in [0.29, 0.717) is 4.47 Å². The van der Waals surface area contributed by atoms with E-state index >= 15 is 0 Å². The number of phenols is 1. The number of rotatable bonds is 3. The average molecular weight is 330 g/mol. The Hall–Kier alpha value is -0.990. The van der Waals surface area contributed by atoms with Crippen molar-refractivity contribution in [1.82, 2.24) is 0 Å². The zero-order chi connectivity index (χ0) is 14.1. The summed E-state index contributed by atoms with van der Waals surface area (Å²) in [5.74, 6) is -0.569. The second-order valence-electron chi connectivity index (χ2n) is 3.56.